The van der Waals surface area contributed by atoms with Gasteiger partial charge in [0, 0.05) is 13.1 Å². The fourth-order valence-corrected chi connectivity index (χ4v) is 6.31. The summed E-state index contributed by atoms with van der Waals surface area (Å²) in [4.78, 5) is 0. The molecule has 2 aliphatic heterocycles. The molecule has 2 saturated heterocycles. The van der Waals surface area contributed by atoms with Crippen LogP contribution in [0.25, 0.3) is 0 Å². The minimum Gasteiger partial charge on any atom is -0.468 e. The molecule has 7 heteroatoms. The minimum absolute atomic E-state index is 0.000325. The van der Waals surface area contributed by atoms with Crippen molar-refractivity contribution in [2.75, 3.05) is 19.7 Å². The van der Waals surface area contributed by atoms with Gasteiger partial charge in [0.1, 0.15) is 5.76 Å². The second kappa shape index (κ2) is 6.20. The Kier molecular flexibility index (Phi) is 4.21. The highest BCUT2D eigenvalue weighted by atomic mass is 32.2. The first kappa shape index (κ1) is 15.6. The number of hydrogen-bond acceptors (Lipinski definition) is 4. The Labute approximate surface area is 137 Å². The Balaban J connectivity index is 1.61. The third kappa shape index (κ3) is 2.73. The van der Waals surface area contributed by atoms with E-state index in [-0.39, 0.29) is 18.2 Å². The van der Waals surface area contributed by atoms with Crippen LogP contribution < -0.4 is 0 Å². The van der Waals surface area contributed by atoms with E-state index in [2.05, 4.69) is 0 Å². The quantitative estimate of drug-likeness (QED) is 0.847. The van der Waals surface area contributed by atoms with Crippen molar-refractivity contribution in [2.24, 2.45) is 0 Å². The number of rotatable bonds is 3. The van der Waals surface area contributed by atoms with Gasteiger partial charge in [0.05, 0.1) is 31.1 Å². The van der Waals surface area contributed by atoms with Crippen molar-refractivity contribution in [2.45, 2.75) is 56.7 Å². The molecule has 0 aromatic carbocycles. The summed E-state index contributed by atoms with van der Waals surface area (Å²) < 4.78 is 41.3. The molecule has 0 N–H and O–H groups in total. The lowest BCUT2D eigenvalue weighted by atomic mass is 9.91. The lowest BCUT2D eigenvalue weighted by Gasteiger charge is -2.44. The largest absolute Gasteiger partial charge is 0.468 e. The highest BCUT2D eigenvalue weighted by molar-refractivity contribution is 7.86. The summed E-state index contributed by atoms with van der Waals surface area (Å²) in [6.45, 7) is 1.53. The Bertz CT molecular complexity index is 629. The number of fused-ring (bicyclic) bond motifs is 1. The third-order valence-corrected chi connectivity index (χ3v) is 7.43. The van der Waals surface area contributed by atoms with Gasteiger partial charge >= 0.3 is 0 Å². The number of furan rings is 1. The van der Waals surface area contributed by atoms with Gasteiger partial charge in [0.15, 0.2) is 0 Å². The molecule has 3 heterocycles. The third-order valence-electron chi connectivity index (χ3n) is 5.35. The van der Waals surface area contributed by atoms with Crippen LogP contribution in [0.3, 0.4) is 0 Å². The fourth-order valence-electron chi connectivity index (χ4n) is 4.26. The second-order valence-corrected chi connectivity index (χ2v) is 8.50. The molecule has 4 rings (SSSR count). The van der Waals surface area contributed by atoms with Gasteiger partial charge in [-0.25, -0.2) is 0 Å². The van der Waals surface area contributed by atoms with Crippen molar-refractivity contribution >= 4 is 10.2 Å². The van der Waals surface area contributed by atoms with Crippen LogP contribution in [0.5, 0.6) is 0 Å². The van der Waals surface area contributed by atoms with Gasteiger partial charge in [0.25, 0.3) is 10.2 Å². The van der Waals surface area contributed by atoms with E-state index in [1.165, 1.54) is 0 Å². The van der Waals surface area contributed by atoms with Crippen molar-refractivity contribution in [1.29, 1.82) is 0 Å². The molecule has 3 atom stereocenters. The van der Waals surface area contributed by atoms with E-state index in [0.717, 1.165) is 44.3 Å². The van der Waals surface area contributed by atoms with Crippen molar-refractivity contribution in [3.8, 4) is 0 Å². The first-order valence-electron chi connectivity index (χ1n) is 8.61. The van der Waals surface area contributed by atoms with Crippen LogP contribution in [-0.4, -0.2) is 48.9 Å². The molecule has 1 aromatic rings. The zero-order valence-corrected chi connectivity index (χ0v) is 14.1. The van der Waals surface area contributed by atoms with Crippen LogP contribution in [-0.2, 0) is 14.9 Å². The van der Waals surface area contributed by atoms with Crippen LogP contribution in [0.15, 0.2) is 22.8 Å². The summed E-state index contributed by atoms with van der Waals surface area (Å²) in [6, 6.07) is 3.53. The average Bonchev–Trinajstić information content (AvgIpc) is 3.25. The number of ether oxygens (including phenoxy) is 1. The van der Waals surface area contributed by atoms with Gasteiger partial charge < -0.3 is 9.15 Å². The molecule has 0 spiro atoms. The van der Waals surface area contributed by atoms with Crippen LogP contribution in [0.2, 0.25) is 0 Å². The normalized spacial score (nSPS) is 33.7. The Morgan fingerprint density at radius 3 is 2.74 bits per heavy atom. The van der Waals surface area contributed by atoms with Gasteiger partial charge in [-0.3, -0.25) is 0 Å². The molecule has 6 nitrogen and oxygen atoms in total. The standard InChI is InChI=1S/C16H24N2O4S/c19-23(20,17-9-3-6-14(17)16-8-4-11-21-16)18-10-12-22-15-7-2-1-5-13(15)18/h4,8,11,13-15H,1-3,5-7,9-10,12H2/t13-,14+,15-/m0/s1. The minimum atomic E-state index is -3.48. The van der Waals surface area contributed by atoms with E-state index < -0.39 is 10.2 Å². The first-order chi connectivity index (χ1) is 11.2. The zero-order valence-electron chi connectivity index (χ0n) is 13.3. The van der Waals surface area contributed by atoms with Gasteiger partial charge in [-0.05, 0) is 37.8 Å². The summed E-state index contributed by atoms with van der Waals surface area (Å²) in [5.41, 5.74) is 0. The van der Waals surface area contributed by atoms with E-state index in [9.17, 15) is 8.42 Å². The maximum Gasteiger partial charge on any atom is 0.283 e. The van der Waals surface area contributed by atoms with Crippen molar-refractivity contribution in [3.63, 3.8) is 0 Å². The van der Waals surface area contributed by atoms with Crippen molar-refractivity contribution in [3.05, 3.63) is 24.2 Å². The molecule has 128 valence electrons. The molecule has 0 unspecified atom stereocenters. The molecule has 23 heavy (non-hydrogen) atoms. The summed E-state index contributed by atoms with van der Waals surface area (Å²) in [6.07, 6.45) is 7.48. The van der Waals surface area contributed by atoms with Gasteiger partial charge in [-0.2, -0.15) is 17.0 Å². The molecule has 0 radical (unpaired) electrons. The van der Waals surface area contributed by atoms with Crippen LogP contribution in [0.4, 0.5) is 0 Å². The van der Waals surface area contributed by atoms with E-state index in [1.807, 2.05) is 12.1 Å². The van der Waals surface area contributed by atoms with E-state index in [0.29, 0.717) is 19.7 Å². The number of hydrogen-bond donors (Lipinski definition) is 0. The molecule has 1 aromatic heterocycles. The maximum atomic E-state index is 13.3. The van der Waals surface area contributed by atoms with E-state index in [1.54, 1.807) is 14.9 Å². The van der Waals surface area contributed by atoms with Crippen molar-refractivity contribution in [1.82, 2.24) is 8.61 Å². The molecular weight excluding hydrogens is 316 g/mol. The fraction of sp³-hybridized carbons (Fsp3) is 0.750. The van der Waals surface area contributed by atoms with Gasteiger partial charge in [-0.15, -0.1) is 0 Å². The topological polar surface area (TPSA) is 63.0 Å². The first-order valence-corrected chi connectivity index (χ1v) is 10.0. The second-order valence-electron chi connectivity index (χ2n) is 6.66. The Morgan fingerprint density at radius 2 is 1.91 bits per heavy atom. The zero-order chi connectivity index (χ0) is 15.9. The van der Waals surface area contributed by atoms with Crippen LogP contribution in [0, 0.1) is 0 Å². The predicted molar refractivity (Wildman–Crippen MR) is 85.0 cm³/mol. The SMILES string of the molecule is O=S(=O)(N1CCC[C@@H]1c1ccco1)N1CCO[C@H]2CCCC[C@@H]21. The maximum absolute atomic E-state index is 13.3. The van der Waals surface area contributed by atoms with Crippen LogP contribution >= 0.6 is 0 Å². The smallest absolute Gasteiger partial charge is 0.283 e. The van der Waals surface area contributed by atoms with E-state index >= 15 is 0 Å². The molecular formula is C16H24N2O4S. The van der Waals surface area contributed by atoms with Gasteiger partial charge in [0.2, 0.25) is 0 Å². The van der Waals surface area contributed by atoms with Crippen molar-refractivity contribution < 1.29 is 17.6 Å². The Hall–Kier alpha value is -0.890. The number of nitrogens with zero attached hydrogens (tertiary/aromatic N) is 2. The number of morpholine rings is 1. The van der Waals surface area contributed by atoms with Gasteiger partial charge in [-0.1, -0.05) is 12.8 Å². The Morgan fingerprint density at radius 1 is 1.04 bits per heavy atom. The predicted octanol–water partition coefficient (Wildman–Crippen LogP) is 2.30. The summed E-state index contributed by atoms with van der Waals surface area (Å²) in [5.74, 6) is 0.750. The molecule has 1 aliphatic carbocycles. The molecule has 0 amide bonds. The van der Waals surface area contributed by atoms with Crippen LogP contribution in [0.1, 0.15) is 50.3 Å². The molecule has 1 saturated carbocycles. The lowest BCUT2D eigenvalue weighted by molar-refractivity contribution is -0.0604. The highest BCUT2D eigenvalue weighted by Crippen LogP contribution is 2.38. The summed E-state index contributed by atoms with van der Waals surface area (Å²) in [7, 11) is -3.48. The molecule has 3 aliphatic rings. The average molecular weight is 340 g/mol. The molecule has 3 fully saturated rings. The summed E-state index contributed by atoms with van der Waals surface area (Å²) in [5, 5.41) is 0. The molecule has 0 bridgehead atoms. The summed E-state index contributed by atoms with van der Waals surface area (Å²) >= 11 is 0. The monoisotopic (exact) mass is 340 g/mol. The highest BCUT2D eigenvalue weighted by Gasteiger charge is 2.46. The van der Waals surface area contributed by atoms with E-state index in [4.69, 9.17) is 9.15 Å². The lowest BCUT2D eigenvalue weighted by Crippen LogP contribution is -2.58.